The molecule has 1 saturated heterocycles. The van der Waals surface area contributed by atoms with Crippen LogP contribution in [0.25, 0.3) is 0 Å². The van der Waals surface area contributed by atoms with Crippen LogP contribution in [0.1, 0.15) is 28.8 Å². The normalized spacial score (nSPS) is 13.7. The summed E-state index contributed by atoms with van der Waals surface area (Å²) in [5, 5.41) is 13.3. The summed E-state index contributed by atoms with van der Waals surface area (Å²) in [5.74, 6) is -1.30. The third-order valence-corrected chi connectivity index (χ3v) is 4.16. The molecule has 134 valence electrons. The molecule has 1 fully saturated rings. The molecule has 3 rings (SSSR count). The van der Waals surface area contributed by atoms with Gasteiger partial charge in [0.15, 0.2) is 0 Å². The smallest absolute Gasteiger partial charge is 0.306 e. The Labute approximate surface area is 148 Å². The highest BCUT2D eigenvalue weighted by atomic mass is 19.1. The Bertz CT molecular complexity index is 867. The molecule has 1 heterocycles. The first kappa shape index (κ1) is 17.5. The number of likely N-dealkylation sites (tertiary alicyclic amines) is 1. The van der Waals surface area contributed by atoms with E-state index < -0.39 is 22.3 Å². The second-order valence-electron chi connectivity index (χ2n) is 5.99. The Morgan fingerprint density at radius 3 is 2.58 bits per heavy atom. The molecule has 0 radical (unpaired) electrons. The molecule has 26 heavy (non-hydrogen) atoms. The van der Waals surface area contributed by atoms with E-state index in [-0.39, 0.29) is 11.6 Å². The fraction of sp³-hybridized carbons (Fsp3) is 0.222. The summed E-state index contributed by atoms with van der Waals surface area (Å²) in [6.45, 7) is 1.25. The van der Waals surface area contributed by atoms with E-state index in [1.54, 1.807) is 29.2 Å². The fourth-order valence-electron chi connectivity index (χ4n) is 2.79. The number of halogens is 1. The molecule has 0 aromatic heterocycles. The van der Waals surface area contributed by atoms with Crippen molar-refractivity contribution in [2.75, 3.05) is 11.9 Å². The van der Waals surface area contributed by atoms with Crippen molar-refractivity contribution in [3.63, 3.8) is 0 Å². The number of hydrogen-bond donors (Lipinski definition) is 1. The molecule has 2 amide bonds. The standard InChI is InChI=1S/C18H16FN3O4/c19-15-8-7-14(10-16(15)22(25)26)20-18(24)13-5-3-12(4-6-13)11-21-9-1-2-17(21)23/h3-8,10H,1-2,9,11H2,(H,20,24). The predicted octanol–water partition coefficient (Wildman–Crippen LogP) is 3.11. The van der Waals surface area contributed by atoms with E-state index in [0.717, 1.165) is 30.7 Å². The van der Waals surface area contributed by atoms with Crippen molar-refractivity contribution in [1.82, 2.24) is 4.90 Å². The van der Waals surface area contributed by atoms with Gasteiger partial charge in [-0.05, 0) is 36.2 Å². The predicted molar refractivity (Wildman–Crippen MR) is 92.1 cm³/mol. The van der Waals surface area contributed by atoms with E-state index in [1.165, 1.54) is 6.07 Å². The summed E-state index contributed by atoms with van der Waals surface area (Å²) in [6, 6.07) is 9.91. The Balaban J connectivity index is 1.67. The molecular formula is C18H16FN3O4. The lowest BCUT2D eigenvalue weighted by atomic mass is 10.1. The number of hydrogen-bond acceptors (Lipinski definition) is 4. The summed E-state index contributed by atoms with van der Waals surface area (Å²) < 4.78 is 13.3. The molecule has 0 atom stereocenters. The van der Waals surface area contributed by atoms with Gasteiger partial charge < -0.3 is 10.2 Å². The van der Waals surface area contributed by atoms with Gasteiger partial charge in [-0.3, -0.25) is 19.7 Å². The van der Waals surface area contributed by atoms with E-state index in [4.69, 9.17) is 0 Å². The van der Waals surface area contributed by atoms with Crippen molar-refractivity contribution >= 4 is 23.2 Å². The highest BCUT2D eigenvalue weighted by molar-refractivity contribution is 6.04. The van der Waals surface area contributed by atoms with Crippen LogP contribution in [-0.2, 0) is 11.3 Å². The van der Waals surface area contributed by atoms with Gasteiger partial charge in [0.2, 0.25) is 11.7 Å². The minimum absolute atomic E-state index is 0.129. The van der Waals surface area contributed by atoms with Crippen LogP contribution in [0.15, 0.2) is 42.5 Å². The van der Waals surface area contributed by atoms with Crippen LogP contribution in [0, 0.1) is 15.9 Å². The molecule has 7 nitrogen and oxygen atoms in total. The zero-order chi connectivity index (χ0) is 18.7. The van der Waals surface area contributed by atoms with Crippen molar-refractivity contribution in [3.05, 3.63) is 69.5 Å². The van der Waals surface area contributed by atoms with Gasteiger partial charge in [-0.15, -0.1) is 0 Å². The van der Waals surface area contributed by atoms with Crippen LogP contribution in [0.3, 0.4) is 0 Å². The maximum Gasteiger partial charge on any atom is 0.306 e. The Hall–Kier alpha value is -3.29. The molecule has 0 unspecified atom stereocenters. The van der Waals surface area contributed by atoms with Gasteiger partial charge in [0, 0.05) is 36.8 Å². The first-order chi connectivity index (χ1) is 12.4. The largest absolute Gasteiger partial charge is 0.338 e. The highest BCUT2D eigenvalue weighted by Gasteiger charge is 2.20. The van der Waals surface area contributed by atoms with Crippen molar-refractivity contribution in [2.24, 2.45) is 0 Å². The number of benzene rings is 2. The molecule has 2 aromatic rings. The average Bonchev–Trinajstić information content (AvgIpc) is 3.02. The number of rotatable bonds is 5. The number of nitrogens with one attached hydrogen (secondary N) is 1. The third kappa shape index (κ3) is 3.85. The summed E-state index contributed by atoms with van der Waals surface area (Å²) >= 11 is 0. The molecule has 0 bridgehead atoms. The minimum atomic E-state index is -0.964. The fourth-order valence-corrected chi connectivity index (χ4v) is 2.79. The SMILES string of the molecule is O=C(Nc1ccc(F)c([N+](=O)[O-])c1)c1ccc(CN2CCCC2=O)cc1. The zero-order valence-electron chi connectivity index (χ0n) is 13.8. The lowest BCUT2D eigenvalue weighted by Gasteiger charge is -2.15. The lowest BCUT2D eigenvalue weighted by Crippen LogP contribution is -2.23. The summed E-state index contributed by atoms with van der Waals surface area (Å²) in [5.41, 5.74) is 0.700. The maximum atomic E-state index is 13.3. The van der Waals surface area contributed by atoms with Crippen LogP contribution in [0.4, 0.5) is 15.8 Å². The van der Waals surface area contributed by atoms with E-state index in [2.05, 4.69) is 5.32 Å². The number of nitro groups is 1. The van der Waals surface area contributed by atoms with Crippen LogP contribution in [-0.4, -0.2) is 28.2 Å². The first-order valence-electron chi connectivity index (χ1n) is 8.06. The summed E-state index contributed by atoms with van der Waals surface area (Å²) in [7, 11) is 0. The lowest BCUT2D eigenvalue weighted by molar-refractivity contribution is -0.387. The van der Waals surface area contributed by atoms with E-state index in [0.29, 0.717) is 18.5 Å². The van der Waals surface area contributed by atoms with Crippen molar-refractivity contribution < 1.29 is 18.9 Å². The minimum Gasteiger partial charge on any atom is -0.338 e. The van der Waals surface area contributed by atoms with Gasteiger partial charge in [0.05, 0.1) is 4.92 Å². The highest BCUT2D eigenvalue weighted by Crippen LogP contribution is 2.22. The molecule has 0 spiro atoms. The van der Waals surface area contributed by atoms with Gasteiger partial charge in [-0.1, -0.05) is 12.1 Å². The zero-order valence-corrected chi connectivity index (χ0v) is 13.8. The quantitative estimate of drug-likeness (QED) is 0.657. The molecule has 0 saturated carbocycles. The van der Waals surface area contributed by atoms with E-state index in [1.807, 2.05) is 0 Å². The Morgan fingerprint density at radius 2 is 1.96 bits per heavy atom. The third-order valence-electron chi connectivity index (χ3n) is 4.16. The van der Waals surface area contributed by atoms with Crippen molar-refractivity contribution in [3.8, 4) is 0 Å². The number of nitro benzene ring substituents is 1. The number of nitrogens with zero attached hydrogens (tertiary/aromatic N) is 2. The van der Waals surface area contributed by atoms with Crippen LogP contribution in [0.2, 0.25) is 0 Å². The summed E-state index contributed by atoms with van der Waals surface area (Å²) in [4.78, 5) is 35.6. The van der Waals surface area contributed by atoms with Crippen molar-refractivity contribution in [1.29, 1.82) is 0 Å². The molecule has 1 aliphatic rings. The monoisotopic (exact) mass is 357 g/mol. The number of anilines is 1. The number of carbonyl (C=O) groups excluding carboxylic acids is 2. The molecule has 8 heteroatoms. The van der Waals surface area contributed by atoms with Crippen LogP contribution >= 0.6 is 0 Å². The topological polar surface area (TPSA) is 92.5 Å². The van der Waals surface area contributed by atoms with Gasteiger partial charge in [0.1, 0.15) is 0 Å². The average molecular weight is 357 g/mol. The molecular weight excluding hydrogens is 341 g/mol. The number of carbonyl (C=O) groups is 2. The Morgan fingerprint density at radius 1 is 1.23 bits per heavy atom. The van der Waals surface area contributed by atoms with Gasteiger partial charge >= 0.3 is 5.69 Å². The second-order valence-corrected chi connectivity index (χ2v) is 5.99. The summed E-state index contributed by atoms with van der Waals surface area (Å²) in [6.07, 6.45) is 1.44. The van der Waals surface area contributed by atoms with E-state index >= 15 is 0 Å². The first-order valence-corrected chi connectivity index (χ1v) is 8.06. The van der Waals surface area contributed by atoms with Gasteiger partial charge in [-0.2, -0.15) is 4.39 Å². The number of amides is 2. The van der Waals surface area contributed by atoms with Crippen LogP contribution in [0.5, 0.6) is 0 Å². The van der Waals surface area contributed by atoms with Crippen molar-refractivity contribution in [2.45, 2.75) is 19.4 Å². The molecule has 2 aromatic carbocycles. The Kier molecular flexibility index (Phi) is 4.92. The molecule has 0 aliphatic carbocycles. The maximum absolute atomic E-state index is 13.3. The molecule has 1 N–H and O–H groups in total. The van der Waals surface area contributed by atoms with Gasteiger partial charge in [0.25, 0.3) is 5.91 Å². The van der Waals surface area contributed by atoms with Crippen LogP contribution < -0.4 is 5.32 Å². The van der Waals surface area contributed by atoms with Gasteiger partial charge in [-0.25, -0.2) is 0 Å². The van der Waals surface area contributed by atoms with E-state index in [9.17, 15) is 24.1 Å². The molecule has 1 aliphatic heterocycles. The second kappa shape index (κ2) is 7.30.